The summed E-state index contributed by atoms with van der Waals surface area (Å²) < 4.78 is 30.8. The maximum Gasteiger partial charge on any atom is 0.245 e. The van der Waals surface area contributed by atoms with Gasteiger partial charge in [-0.25, -0.2) is 8.42 Å². The summed E-state index contributed by atoms with van der Waals surface area (Å²) in [5.41, 5.74) is 0.939. The minimum Gasteiger partial charge on any atom is -0.489 e. The normalized spacial score (nSPS) is 11.2. The van der Waals surface area contributed by atoms with Crippen LogP contribution in [0.1, 0.15) is 13.8 Å². The molecule has 0 aliphatic heterocycles. The van der Waals surface area contributed by atoms with E-state index in [1.807, 2.05) is 13.8 Å². The van der Waals surface area contributed by atoms with Crippen LogP contribution in [0.15, 0.2) is 54.6 Å². The van der Waals surface area contributed by atoms with Crippen LogP contribution >= 0.6 is 0 Å². The first kappa shape index (κ1) is 18.8. The fraction of sp³-hybridized carbons (Fsp3) is 0.278. The highest BCUT2D eigenvalue weighted by Gasteiger charge is 2.21. The number of hydrogen-bond acceptors (Lipinski definition) is 4. The number of ether oxygens (including phenoxy) is 1. The fourth-order valence-electron chi connectivity index (χ4n) is 2.24. The zero-order valence-corrected chi connectivity index (χ0v) is 15.3. The van der Waals surface area contributed by atoms with Gasteiger partial charge in [-0.3, -0.25) is 9.10 Å². The molecule has 0 radical (unpaired) electrons. The molecule has 0 unspecified atom stereocenters. The highest BCUT2D eigenvalue weighted by atomic mass is 32.2. The summed E-state index contributed by atoms with van der Waals surface area (Å²) in [5.74, 6) is 0.0885. The van der Waals surface area contributed by atoms with Crippen LogP contribution in [-0.2, 0) is 14.8 Å². The van der Waals surface area contributed by atoms with E-state index >= 15 is 0 Å². The second-order valence-corrected chi connectivity index (χ2v) is 7.72. The summed E-state index contributed by atoms with van der Waals surface area (Å²) in [5, 5.41) is 2.72. The lowest BCUT2D eigenvalue weighted by Gasteiger charge is -2.22. The molecule has 2 rings (SSSR count). The molecular weight excluding hydrogens is 340 g/mol. The van der Waals surface area contributed by atoms with Crippen LogP contribution in [0.3, 0.4) is 0 Å². The third-order valence-corrected chi connectivity index (χ3v) is 4.40. The number of carbonyl (C=O) groups is 1. The van der Waals surface area contributed by atoms with Gasteiger partial charge in [0.05, 0.1) is 23.7 Å². The molecule has 1 amide bonds. The molecule has 0 aliphatic carbocycles. The summed E-state index contributed by atoms with van der Waals surface area (Å²) in [6.45, 7) is 3.46. The minimum absolute atomic E-state index is 0.0464. The summed E-state index contributed by atoms with van der Waals surface area (Å²) in [6.07, 6.45) is 1.03. The summed E-state index contributed by atoms with van der Waals surface area (Å²) in [7, 11) is -3.59. The van der Waals surface area contributed by atoms with E-state index in [9.17, 15) is 13.2 Å². The molecule has 0 atom stereocenters. The molecule has 6 nitrogen and oxygen atoms in total. The van der Waals surface area contributed by atoms with Crippen LogP contribution in [0.4, 0.5) is 11.4 Å². The van der Waals surface area contributed by atoms with Crippen molar-refractivity contribution >= 4 is 27.3 Å². The van der Waals surface area contributed by atoms with Crippen molar-refractivity contribution in [3.05, 3.63) is 54.6 Å². The molecular formula is C18H22N2O4S. The first-order valence-electron chi connectivity index (χ1n) is 7.85. The van der Waals surface area contributed by atoms with Gasteiger partial charge in [0.2, 0.25) is 15.9 Å². The first-order valence-corrected chi connectivity index (χ1v) is 9.70. The van der Waals surface area contributed by atoms with E-state index in [0.717, 1.165) is 10.6 Å². The Morgan fingerprint density at radius 2 is 1.68 bits per heavy atom. The van der Waals surface area contributed by atoms with Crippen LogP contribution in [0.25, 0.3) is 0 Å². The Morgan fingerprint density at radius 1 is 1.08 bits per heavy atom. The van der Waals surface area contributed by atoms with Gasteiger partial charge in [-0.15, -0.1) is 0 Å². The molecule has 0 heterocycles. The smallest absolute Gasteiger partial charge is 0.245 e. The van der Waals surface area contributed by atoms with Crippen molar-refractivity contribution in [3.63, 3.8) is 0 Å². The van der Waals surface area contributed by atoms with E-state index in [1.54, 1.807) is 54.6 Å². The van der Waals surface area contributed by atoms with Gasteiger partial charge in [-0.05, 0) is 38.1 Å². The Bertz CT molecular complexity index is 820. The molecule has 0 aromatic heterocycles. The minimum atomic E-state index is -3.59. The number of amides is 1. The Hall–Kier alpha value is -2.54. The van der Waals surface area contributed by atoms with Crippen molar-refractivity contribution in [1.29, 1.82) is 0 Å². The predicted octanol–water partition coefficient (Wildman–Crippen LogP) is 2.88. The van der Waals surface area contributed by atoms with E-state index in [-0.39, 0.29) is 12.6 Å². The molecule has 1 N–H and O–H groups in total. The van der Waals surface area contributed by atoms with E-state index in [2.05, 4.69) is 5.32 Å². The van der Waals surface area contributed by atoms with Crippen molar-refractivity contribution in [1.82, 2.24) is 0 Å². The fourth-order valence-corrected chi connectivity index (χ4v) is 3.10. The molecule has 0 bridgehead atoms. The average Bonchev–Trinajstić information content (AvgIpc) is 2.54. The summed E-state index contributed by atoms with van der Waals surface area (Å²) in [4.78, 5) is 12.4. The number of sulfonamides is 1. The van der Waals surface area contributed by atoms with E-state index in [4.69, 9.17) is 4.74 Å². The zero-order chi connectivity index (χ0) is 18.4. The van der Waals surface area contributed by atoms with Crippen molar-refractivity contribution in [2.75, 3.05) is 22.4 Å². The molecule has 0 saturated heterocycles. The Labute approximate surface area is 148 Å². The molecule has 0 aliphatic rings. The van der Waals surface area contributed by atoms with Crippen LogP contribution in [0, 0.1) is 0 Å². The number of hydrogen-bond donors (Lipinski definition) is 1. The van der Waals surface area contributed by atoms with E-state index in [1.165, 1.54) is 0 Å². The molecule has 134 valence electrons. The number of carbonyl (C=O) groups excluding carboxylic acids is 1. The third-order valence-electron chi connectivity index (χ3n) is 3.26. The Balaban J connectivity index is 2.18. The first-order chi connectivity index (χ1) is 11.8. The van der Waals surface area contributed by atoms with E-state index < -0.39 is 15.9 Å². The second kappa shape index (κ2) is 8.02. The van der Waals surface area contributed by atoms with Crippen LogP contribution in [-0.4, -0.2) is 33.2 Å². The highest BCUT2D eigenvalue weighted by molar-refractivity contribution is 7.92. The highest BCUT2D eigenvalue weighted by Crippen LogP contribution is 2.25. The lowest BCUT2D eigenvalue weighted by molar-refractivity contribution is -0.114. The van der Waals surface area contributed by atoms with Gasteiger partial charge in [0, 0.05) is 0 Å². The molecule has 2 aromatic rings. The summed E-state index contributed by atoms with van der Waals surface area (Å²) >= 11 is 0. The van der Waals surface area contributed by atoms with Crippen molar-refractivity contribution < 1.29 is 17.9 Å². The second-order valence-electron chi connectivity index (χ2n) is 5.82. The Morgan fingerprint density at radius 3 is 2.28 bits per heavy atom. The standard InChI is InChI=1S/C18H22N2O4S/c1-14(2)24-17-12-8-7-11-16(17)19-18(21)13-20(25(3,22)23)15-9-5-4-6-10-15/h4-12,14H,13H2,1-3H3,(H,19,21). The lowest BCUT2D eigenvalue weighted by atomic mass is 10.2. The maximum absolute atomic E-state index is 12.4. The molecule has 0 spiro atoms. The molecule has 0 fully saturated rings. The van der Waals surface area contributed by atoms with Crippen LogP contribution < -0.4 is 14.4 Å². The van der Waals surface area contributed by atoms with Crippen molar-refractivity contribution in [2.45, 2.75) is 20.0 Å². The SMILES string of the molecule is CC(C)Oc1ccccc1NC(=O)CN(c1ccccc1)S(C)(=O)=O. The van der Waals surface area contributed by atoms with Gasteiger partial charge >= 0.3 is 0 Å². The zero-order valence-electron chi connectivity index (χ0n) is 14.5. The number of nitrogens with zero attached hydrogens (tertiary/aromatic N) is 1. The molecule has 25 heavy (non-hydrogen) atoms. The third kappa shape index (κ3) is 5.49. The van der Waals surface area contributed by atoms with Crippen molar-refractivity contribution in [3.8, 4) is 5.75 Å². The largest absolute Gasteiger partial charge is 0.489 e. The van der Waals surface area contributed by atoms with Gasteiger partial charge in [-0.2, -0.15) is 0 Å². The number of anilines is 2. The monoisotopic (exact) mass is 362 g/mol. The molecule has 2 aromatic carbocycles. The number of benzene rings is 2. The van der Waals surface area contributed by atoms with Gasteiger partial charge < -0.3 is 10.1 Å². The van der Waals surface area contributed by atoms with Crippen LogP contribution in [0.2, 0.25) is 0 Å². The maximum atomic E-state index is 12.4. The van der Waals surface area contributed by atoms with Gasteiger partial charge in [0.1, 0.15) is 12.3 Å². The van der Waals surface area contributed by atoms with Crippen LogP contribution in [0.5, 0.6) is 5.75 Å². The number of rotatable bonds is 7. The summed E-state index contributed by atoms with van der Waals surface area (Å²) in [6, 6.07) is 15.5. The number of para-hydroxylation sites is 3. The van der Waals surface area contributed by atoms with Crippen molar-refractivity contribution in [2.24, 2.45) is 0 Å². The average molecular weight is 362 g/mol. The van der Waals surface area contributed by atoms with Gasteiger partial charge in [0.15, 0.2) is 0 Å². The lowest BCUT2D eigenvalue weighted by Crippen LogP contribution is -2.37. The van der Waals surface area contributed by atoms with E-state index in [0.29, 0.717) is 17.1 Å². The molecule has 0 saturated carbocycles. The molecule has 7 heteroatoms. The number of nitrogens with one attached hydrogen (secondary N) is 1. The van der Waals surface area contributed by atoms with Gasteiger partial charge in [-0.1, -0.05) is 30.3 Å². The quantitative estimate of drug-likeness (QED) is 0.822. The topological polar surface area (TPSA) is 75.7 Å². The predicted molar refractivity (Wildman–Crippen MR) is 99.5 cm³/mol. The van der Waals surface area contributed by atoms with Gasteiger partial charge in [0.25, 0.3) is 0 Å². The Kier molecular flexibility index (Phi) is 6.03.